The Morgan fingerprint density at radius 3 is 2.30 bits per heavy atom. The van der Waals surface area contributed by atoms with Crippen LogP contribution >= 0.6 is 0 Å². The van der Waals surface area contributed by atoms with Crippen LogP contribution in [0.25, 0.3) is 11.0 Å². The second kappa shape index (κ2) is 16.0. The number of aromatic nitrogens is 2. The summed E-state index contributed by atoms with van der Waals surface area (Å²) in [5, 5.41) is 33.7. The molecule has 2 aromatic rings. The van der Waals surface area contributed by atoms with Crippen molar-refractivity contribution < 1.29 is 28.9 Å². The first-order valence-corrected chi connectivity index (χ1v) is 13.0. The van der Waals surface area contributed by atoms with Gasteiger partial charge in [-0.25, -0.2) is 9.42 Å². The Labute approximate surface area is 217 Å². The molecular formula is C25H41N5O7. The molecule has 0 aliphatic carbocycles. The molecule has 0 aliphatic heterocycles. The van der Waals surface area contributed by atoms with Crippen molar-refractivity contribution in [3.8, 4) is 0 Å². The molecule has 1 heterocycles. The third-order valence-corrected chi connectivity index (χ3v) is 5.63. The molecule has 37 heavy (non-hydrogen) atoms. The summed E-state index contributed by atoms with van der Waals surface area (Å²) in [6, 6.07) is 2.58. The lowest BCUT2D eigenvalue weighted by atomic mass is 10.1. The largest absolute Gasteiger partial charge is 0.444 e. The van der Waals surface area contributed by atoms with Crippen molar-refractivity contribution in [2.75, 3.05) is 31.7 Å². The van der Waals surface area contributed by atoms with E-state index in [-0.39, 0.29) is 24.4 Å². The Balaban J connectivity index is 1.43. The highest BCUT2D eigenvalue weighted by atomic mass is 16.6. The second-order valence-electron chi connectivity index (χ2n) is 10.1. The third-order valence-electron chi connectivity index (χ3n) is 5.63. The fourth-order valence-electron chi connectivity index (χ4n) is 3.77. The summed E-state index contributed by atoms with van der Waals surface area (Å²) in [6.45, 7) is 6.78. The van der Waals surface area contributed by atoms with Crippen LogP contribution < -0.4 is 10.6 Å². The standard InChI is InChI=1S/C25H41N5O7/c1-25(2,3)36-24(32)27-19(17-31)18-35-16-12-10-8-6-4-5-7-9-11-15-26-20-13-14-21(30(33)34)23-22(20)28-37-29-23/h13-14,19,26,31H,4-12,15-18H2,1-3H3,(H,27,32)/t19-/m0/s1. The van der Waals surface area contributed by atoms with E-state index in [2.05, 4.69) is 25.6 Å². The molecule has 0 spiro atoms. The van der Waals surface area contributed by atoms with E-state index < -0.39 is 22.7 Å². The Morgan fingerprint density at radius 1 is 1.05 bits per heavy atom. The number of fused-ring (bicyclic) bond motifs is 1. The molecule has 0 radical (unpaired) electrons. The molecule has 1 amide bonds. The molecule has 0 fully saturated rings. The van der Waals surface area contributed by atoms with E-state index in [1.165, 1.54) is 31.7 Å². The first-order chi connectivity index (χ1) is 17.7. The van der Waals surface area contributed by atoms with Gasteiger partial charge in [0.1, 0.15) is 5.60 Å². The molecule has 1 atom stereocenters. The van der Waals surface area contributed by atoms with Gasteiger partial charge in [-0.1, -0.05) is 44.9 Å². The Kier molecular flexibility index (Phi) is 13.1. The summed E-state index contributed by atoms with van der Waals surface area (Å²) < 4.78 is 15.4. The number of nitrogens with one attached hydrogen (secondary N) is 2. The monoisotopic (exact) mass is 523 g/mol. The summed E-state index contributed by atoms with van der Waals surface area (Å²) >= 11 is 0. The van der Waals surface area contributed by atoms with Gasteiger partial charge in [-0.3, -0.25) is 10.1 Å². The molecule has 0 unspecified atom stereocenters. The molecule has 2 rings (SSSR count). The summed E-state index contributed by atoms with van der Waals surface area (Å²) in [5.74, 6) is 0. The summed E-state index contributed by atoms with van der Waals surface area (Å²) in [6.07, 6.45) is 9.51. The average Bonchev–Trinajstić information content (AvgIpc) is 3.32. The van der Waals surface area contributed by atoms with Gasteiger partial charge in [-0.05, 0) is 50.0 Å². The number of anilines is 1. The fraction of sp³-hybridized carbons (Fsp3) is 0.720. The van der Waals surface area contributed by atoms with E-state index in [0.29, 0.717) is 17.8 Å². The summed E-state index contributed by atoms with van der Waals surface area (Å²) in [4.78, 5) is 22.3. The number of carbonyl (C=O) groups is 1. The second-order valence-corrected chi connectivity index (χ2v) is 10.1. The Morgan fingerprint density at radius 2 is 1.68 bits per heavy atom. The van der Waals surface area contributed by atoms with Crippen LogP contribution in [0.15, 0.2) is 16.8 Å². The van der Waals surface area contributed by atoms with E-state index in [1.807, 2.05) is 0 Å². The van der Waals surface area contributed by atoms with Crippen molar-refractivity contribution >= 4 is 28.5 Å². The van der Waals surface area contributed by atoms with Crippen LogP contribution in [0.3, 0.4) is 0 Å². The maximum absolute atomic E-state index is 11.8. The normalized spacial score (nSPS) is 12.4. The molecule has 1 aromatic carbocycles. The minimum absolute atomic E-state index is 0.114. The number of hydrogen-bond acceptors (Lipinski definition) is 10. The molecule has 0 aliphatic rings. The minimum atomic E-state index is -0.580. The first kappa shape index (κ1) is 30.2. The van der Waals surface area contributed by atoms with Crippen molar-refractivity contribution in [1.82, 2.24) is 15.6 Å². The van der Waals surface area contributed by atoms with Crippen LogP contribution in [0.2, 0.25) is 0 Å². The lowest BCUT2D eigenvalue weighted by molar-refractivity contribution is -0.383. The lowest BCUT2D eigenvalue weighted by Crippen LogP contribution is -2.43. The third kappa shape index (κ3) is 11.7. The number of aliphatic hydroxyl groups is 1. The number of nitro benzene ring substituents is 1. The number of hydrogen-bond donors (Lipinski definition) is 3. The number of benzene rings is 1. The molecule has 3 N–H and O–H groups in total. The summed E-state index contributed by atoms with van der Waals surface area (Å²) in [5.41, 5.74) is 0.536. The van der Waals surface area contributed by atoms with Crippen LogP contribution in [0.5, 0.6) is 0 Å². The van der Waals surface area contributed by atoms with Crippen molar-refractivity contribution in [3.63, 3.8) is 0 Å². The predicted molar refractivity (Wildman–Crippen MR) is 140 cm³/mol. The fourth-order valence-corrected chi connectivity index (χ4v) is 3.77. The van der Waals surface area contributed by atoms with Crippen LogP contribution in [0, 0.1) is 10.1 Å². The van der Waals surface area contributed by atoms with Gasteiger partial charge in [0.15, 0.2) is 5.52 Å². The highest BCUT2D eigenvalue weighted by Gasteiger charge is 2.20. The Bertz CT molecular complexity index is 961. The van der Waals surface area contributed by atoms with Gasteiger partial charge in [0.2, 0.25) is 5.52 Å². The molecule has 12 heteroatoms. The van der Waals surface area contributed by atoms with Gasteiger partial charge in [0.25, 0.3) is 0 Å². The quantitative estimate of drug-likeness (QED) is 0.138. The smallest absolute Gasteiger partial charge is 0.408 e. The van der Waals surface area contributed by atoms with Crippen LogP contribution in [0.1, 0.15) is 78.6 Å². The number of unbranched alkanes of at least 4 members (excludes halogenated alkanes) is 8. The van der Waals surface area contributed by atoms with Gasteiger partial charge < -0.3 is 25.2 Å². The van der Waals surface area contributed by atoms with Gasteiger partial charge in [-0.2, -0.15) is 0 Å². The number of rotatable bonds is 18. The van der Waals surface area contributed by atoms with Crippen molar-refractivity contribution in [2.24, 2.45) is 0 Å². The number of carbonyl (C=O) groups excluding carboxylic acids is 1. The van der Waals surface area contributed by atoms with Crippen LogP contribution in [0.4, 0.5) is 16.2 Å². The van der Waals surface area contributed by atoms with Crippen LogP contribution in [-0.4, -0.2) is 64.4 Å². The predicted octanol–water partition coefficient (Wildman–Crippen LogP) is 4.96. The first-order valence-electron chi connectivity index (χ1n) is 13.0. The maximum Gasteiger partial charge on any atom is 0.408 e. The number of ether oxygens (including phenoxy) is 2. The summed E-state index contributed by atoms with van der Waals surface area (Å²) in [7, 11) is 0. The molecule has 208 valence electrons. The molecule has 12 nitrogen and oxygen atoms in total. The number of non-ortho nitro benzene ring substituents is 1. The van der Waals surface area contributed by atoms with Gasteiger partial charge in [0, 0.05) is 19.2 Å². The molecular weight excluding hydrogens is 482 g/mol. The topological polar surface area (TPSA) is 162 Å². The zero-order valence-corrected chi connectivity index (χ0v) is 22.2. The number of alkyl carbamates (subject to hydrolysis) is 1. The zero-order valence-electron chi connectivity index (χ0n) is 22.2. The zero-order chi connectivity index (χ0) is 27.1. The van der Waals surface area contributed by atoms with E-state index in [9.17, 15) is 20.0 Å². The minimum Gasteiger partial charge on any atom is -0.444 e. The Hall–Kier alpha value is -2.99. The van der Waals surface area contributed by atoms with E-state index in [0.717, 1.165) is 38.6 Å². The number of nitro groups is 1. The average molecular weight is 524 g/mol. The van der Waals surface area contributed by atoms with E-state index in [4.69, 9.17) is 9.47 Å². The molecule has 0 bridgehead atoms. The number of aliphatic hydroxyl groups excluding tert-OH is 1. The highest BCUT2D eigenvalue weighted by Crippen LogP contribution is 2.28. The van der Waals surface area contributed by atoms with Crippen molar-refractivity contribution in [1.29, 1.82) is 0 Å². The van der Waals surface area contributed by atoms with Crippen molar-refractivity contribution in [3.05, 3.63) is 22.2 Å². The van der Waals surface area contributed by atoms with Gasteiger partial charge in [-0.15, -0.1) is 0 Å². The SMILES string of the molecule is CC(C)(C)OC(=O)N[C@@H](CO)COCCCCCCCCCCCNc1ccc([N+](=O)[O-])c2nonc12. The van der Waals surface area contributed by atoms with Gasteiger partial charge >= 0.3 is 11.8 Å². The van der Waals surface area contributed by atoms with Crippen LogP contribution in [-0.2, 0) is 9.47 Å². The molecule has 0 saturated heterocycles. The van der Waals surface area contributed by atoms with Gasteiger partial charge in [0.05, 0.1) is 29.9 Å². The highest BCUT2D eigenvalue weighted by molar-refractivity contribution is 5.93. The maximum atomic E-state index is 11.8. The van der Waals surface area contributed by atoms with E-state index in [1.54, 1.807) is 26.8 Å². The van der Waals surface area contributed by atoms with Crippen molar-refractivity contribution in [2.45, 2.75) is 90.2 Å². The lowest BCUT2D eigenvalue weighted by Gasteiger charge is -2.22. The molecule has 0 saturated carbocycles. The number of amides is 1. The number of nitrogens with zero attached hydrogens (tertiary/aromatic N) is 3. The van der Waals surface area contributed by atoms with E-state index >= 15 is 0 Å². The molecule has 1 aromatic heterocycles.